The fourth-order valence-corrected chi connectivity index (χ4v) is 3.45. The summed E-state index contributed by atoms with van der Waals surface area (Å²) in [5.41, 5.74) is 1.43. The highest BCUT2D eigenvalue weighted by Gasteiger charge is 2.42. The van der Waals surface area contributed by atoms with Crippen LogP contribution in [0.5, 0.6) is 0 Å². The minimum absolute atomic E-state index is 0.173. The molecule has 6 heteroatoms. The fourth-order valence-electron chi connectivity index (χ4n) is 3.45. The van der Waals surface area contributed by atoms with Gasteiger partial charge in [-0.05, 0) is 30.5 Å². The van der Waals surface area contributed by atoms with E-state index in [-0.39, 0.29) is 17.0 Å². The Morgan fingerprint density at radius 3 is 2.23 bits per heavy atom. The zero-order valence-electron chi connectivity index (χ0n) is 14.0. The van der Waals surface area contributed by atoms with E-state index in [4.69, 9.17) is 9.57 Å². The van der Waals surface area contributed by atoms with Gasteiger partial charge >= 0.3 is 5.97 Å². The molecule has 2 heterocycles. The molecule has 132 valence electrons. The third-order valence-electron chi connectivity index (χ3n) is 4.72. The van der Waals surface area contributed by atoms with Crippen molar-refractivity contribution in [3.05, 3.63) is 71.3 Å². The third-order valence-corrected chi connectivity index (χ3v) is 4.72. The van der Waals surface area contributed by atoms with E-state index in [1.54, 1.807) is 12.1 Å². The summed E-state index contributed by atoms with van der Waals surface area (Å²) in [6, 6.07) is 16.0. The van der Waals surface area contributed by atoms with Gasteiger partial charge in [-0.3, -0.25) is 9.59 Å². The van der Waals surface area contributed by atoms with Crippen molar-refractivity contribution in [3.63, 3.8) is 0 Å². The number of carbonyl (C=O) groups excluding carboxylic acids is 3. The zero-order valence-corrected chi connectivity index (χ0v) is 14.0. The number of hydroxylamine groups is 2. The van der Waals surface area contributed by atoms with Crippen molar-refractivity contribution in [2.75, 3.05) is 6.61 Å². The van der Waals surface area contributed by atoms with E-state index in [9.17, 15) is 14.4 Å². The van der Waals surface area contributed by atoms with E-state index >= 15 is 0 Å². The molecule has 0 aromatic heterocycles. The van der Waals surface area contributed by atoms with Gasteiger partial charge in [0.2, 0.25) is 0 Å². The quantitative estimate of drug-likeness (QED) is 0.795. The molecule has 6 nitrogen and oxygen atoms in total. The number of nitrogens with zero attached hydrogens (tertiary/aromatic N) is 1. The molecule has 2 amide bonds. The Balaban J connectivity index is 1.54. The molecule has 26 heavy (non-hydrogen) atoms. The van der Waals surface area contributed by atoms with Crippen molar-refractivity contribution in [2.24, 2.45) is 0 Å². The summed E-state index contributed by atoms with van der Waals surface area (Å²) in [5, 5.41) is 0.535. The van der Waals surface area contributed by atoms with E-state index < -0.39 is 23.9 Å². The molecular weight excluding hydrogens is 334 g/mol. The molecule has 4 rings (SSSR count). The second-order valence-electron chi connectivity index (χ2n) is 6.31. The Kier molecular flexibility index (Phi) is 4.26. The maximum absolute atomic E-state index is 12.7. The lowest BCUT2D eigenvalue weighted by Gasteiger charge is -2.30. The predicted octanol–water partition coefficient (Wildman–Crippen LogP) is 2.70. The van der Waals surface area contributed by atoms with Crippen molar-refractivity contribution in [3.8, 4) is 0 Å². The lowest BCUT2D eigenvalue weighted by Crippen LogP contribution is -2.42. The van der Waals surface area contributed by atoms with Crippen LogP contribution >= 0.6 is 0 Å². The molecule has 0 spiro atoms. The molecule has 2 atom stereocenters. The Bertz CT molecular complexity index is 829. The van der Waals surface area contributed by atoms with Crippen LogP contribution in [0, 0.1) is 0 Å². The molecule has 1 fully saturated rings. The largest absolute Gasteiger partial charge is 0.366 e. The van der Waals surface area contributed by atoms with Gasteiger partial charge in [-0.1, -0.05) is 47.5 Å². The van der Waals surface area contributed by atoms with E-state index in [1.165, 1.54) is 12.1 Å². The molecule has 0 unspecified atom stereocenters. The molecule has 0 radical (unpaired) electrons. The number of imide groups is 1. The van der Waals surface area contributed by atoms with E-state index in [0.717, 1.165) is 18.4 Å². The standard InChI is InChI=1S/C20H17NO5/c22-18-15-9-4-5-10-16(15)19(23)21(18)26-20(24)17-14(11-6-12-25-17)13-7-2-1-3-8-13/h1-5,7-10,14,17H,6,11-12H2/t14-,17-/m0/s1. The van der Waals surface area contributed by atoms with Crippen molar-refractivity contribution >= 4 is 17.8 Å². The Labute approximate surface area is 150 Å². The predicted molar refractivity (Wildman–Crippen MR) is 91.2 cm³/mol. The maximum Gasteiger partial charge on any atom is 0.362 e. The van der Waals surface area contributed by atoms with Crippen molar-refractivity contribution < 1.29 is 24.0 Å². The second kappa shape index (κ2) is 6.72. The summed E-state index contributed by atoms with van der Waals surface area (Å²) in [4.78, 5) is 42.6. The molecule has 2 aliphatic rings. The molecular formula is C20H17NO5. The summed E-state index contributed by atoms with van der Waals surface area (Å²) >= 11 is 0. The molecule has 0 aliphatic carbocycles. The van der Waals surface area contributed by atoms with Crippen LogP contribution < -0.4 is 0 Å². The van der Waals surface area contributed by atoms with Crippen LogP contribution in [0.25, 0.3) is 0 Å². The number of benzene rings is 2. The van der Waals surface area contributed by atoms with E-state index in [0.29, 0.717) is 11.7 Å². The molecule has 0 N–H and O–H groups in total. The first-order valence-electron chi connectivity index (χ1n) is 8.53. The topological polar surface area (TPSA) is 72.9 Å². The van der Waals surface area contributed by atoms with Gasteiger partial charge in [0.15, 0.2) is 6.10 Å². The van der Waals surface area contributed by atoms with E-state index in [1.807, 2.05) is 30.3 Å². The second-order valence-corrected chi connectivity index (χ2v) is 6.31. The molecule has 2 aliphatic heterocycles. The number of fused-ring (bicyclic) bond motifs is 1. The van der Waals surface area contributed by atoms with Gasteiger partial charge in [0.25, 0.3) is 11.8 Å². The Morgan fingerprint density at radius 1 is 0.962 bits per heavy atom. The van der Waals surface area contributed by atoms with Crippen molar-refractivity contribution in [1.29, 1.82) is 0 Å². The highest BCUT2D eigenvalue weighted by atomic mass is 16.7. The normalized spacial score (nSPS) is 22.2. The van der Waals surface area contributed by atoms with Crippen LogP contribution in [-0.2, 0) is 14.4 Å². The summed E-state index contributed by atoms with van der Waals surface area (Å²) < 4.78 is 5.64. The first-order valence-corrected chi connectivity index (χ1v) is 8.53. The summed E-state index contributed by atoms with van der Waals surface area (Å²) in [5.74, 6) is -2.17. The maximum atomic E-state index is 12.7. The number of carbonyl (C=O) groups is 3. The van der Waals surface area contributed by atoms with Crippen molar-refractivity contribution in [2.45, 2.75) is 24.9 Å². The van der Waals surface area contributed by atoms with Gasteiger partial charge in [-0.25, -0.2) is 4.79 Å². The summed E-state index contributed by atoms with van der Waals surface area (Å²) in [6.07, 6.45) is 0.748. The summed E-state index contributed by atoms with van der Waals surface area (Å²) in [7, 11) is 0. The number of hydrogen-bond donors (Lipinski definition) is 0. The molecule has 2 aromatic carbocycles. The average Bonchev–Trinajstić information content (AvgIpc) is 2.94. The van der Waals surface area contributed by atoms with Gasteiger partial charge < -0.3 is 9.57 Å². The lowest BCUT2D eigenvalue weighted by atomic mass is 9.87. The third kappa shape index (κ3) is 2.78. The van der Waals surface area contributed by atoms with E-state index in [2.05, 4.69) is 0 Å². The minimum atomic E-state index is -0.851. The Hall–Kier alpha value is -2.99. The first kappa shape index (κ1) is 16.5. The van der Waals surface area contributed by atoms with Crippen molar-refractivity contribution in [1.82, 2.24) is 5.06 Å². The number of rotatable bonds is 3. The van der Waals surface area contributed by atoms with Crippen LogP contribution in [0.15, 0.2) is 54.6 Å². The average molecular weight is 351 g/mol. The van der Waals surface area contributed by atoms with Crippen LogP contribution in [0.3, 0.4) is 0 Å². The smallest absolute Gasteiger partial charge is 0.362 e. The van der Waals surface area contributed by atoms with Crippen LogP contribution in [0.1, 0.15) is 45.0 Å². The molecule has 0 saturated carbocycles. The number of hydrogen-bond acceptors (Lipinski definition) is 5. The van der Waals surface area contributed by atoms with Crippen LogP contribution in [0.4, 0.5) is 0 Å². The van der Waals surface area contributed by atoms with Gasteiger partial charge in [0.1, 0.15) is 0 Å². The summed E-state index contributed by atoms with van der Waals surface area (Å²) in [6.45, 7) is 0.436. The lowest BCUT2D eigenvalue weighted by molar-refractivity contribution is -0.186. The highest BCUT2D eigenvalue weighted by molar-refractivity contribution is 6.20. The fraction of sp³-hybridized carbons (Fsp3) is 0.250. The minimum Gasteiger partial charge on any atom is -0.366 e. The van der Waals surface area contributed by atoms with Gasteiger partial charge in [0.05, 0.1) is 11.1 Å². The monoisotopic (exact) mass is 351 g/mol. The first-order chi connectivity index (χ1) is 12.7. The van der Waals surface area contributed by atoms with Gasteiger partial charge in [-0.2, -0.15) is 0 Å². The molecule has 1 saturated heterocycles. The number of amides is 2. The zero-order chi connectivity index (χ0) is 18.1. The SMILES string of the molecule is O=C(ON1C(=O)c2ccccc2C1=O)[C@H]1OCCC[C@H]1c1ccccc1. The number of ether oxygens (including phenoxy) is 1. The van der Waals surface area contributed by atoms with Gasteiger partial charge in [0, 0.05) is 12.5 Å². The van der Waals surface area contributed by atoms with Gasteiger partial charge in [-0.15, -0.1) is 0 Å². The van der Waals surface area contributed by atoms with Crippen LogP contribution in [0.2, 0.25) is 0 Å². The molecule has 0 bridgehead atoms. The highest BCUT2D eigenvalue weighted by Crippen LogP contribution is 2.32. The van der Waals surface area contributed by atoms with Crippen LogP contribution in [-0.4, -0.2) is 35.6 Å². The Morgan fingerprint density at radius 2 is 1.58 bits per heavy atom. The molecule has 2 aromatic rings.